The zero-order valence-corrected chi connectivity index (χ0v) is 20.0. The van der Waals surface area contributed by atoms with Crippen LogP contribution in [0.4, 0.5) is 10.1 Å². The lowest BCUT2D eigenvalue weighted by Crippen LogP contribution is -2.41. The fourth-order valence-corrected chi connectivity index (χ4v) is 4.88. The molecule has 0 aromatic heterocycles. The number of sulfonamides is 1. The van der Waals surface area contributed by atoms with E-state index in [1.165, 1.54) is 49.6 Å². The maximum absolute atomic E-state index is 13.5. The van der Waals surface area contributed by atoms with Gasteiger partial charge in [0.15, 0.2) is 0 Å². The molecular formula is C24H24ClFN2O4S. The van der Waals surface area contributed by atoms with Crippen LogP contribution in [0.1, 0.15) is 24.1 Å². The Kier molecular flexibility index (Phi) is 7.61. The molecule has 33 heavy (non-hydrogen) atoms. The Morgan fingerprint density at radius 3 is 2.30 bits per heavy atom. The van der Waals surface area contributed by atoms with Crippen molar-refractivity contribution in [2.45, 2.75) is 24.8 Å². The van der Waals surface area contributed by atoms with Crippen molar-refractivity contribution in [1.82, 2.24) is 5.32 Å². The van der Waals surface area contributed by atoms with Crippen molar-refractivity contribution in [3.63, 3.8) is 0 Å². The second-order valence-corrected chi connectivity index (χ2v) is 9.75. The van der Waals surface area contributed by atoms with Gasteiger partial charge in [0, 0.05) is 0 Å². The summed E-state index contributed by atoms with van der Waals surface area (Å²) in [6, 6.07) is 16.1. The number of hydrogen-bond acceptors (Lipinski definition) is 4. The van der Waals surface area contributed by atoms with Crippen molar-refractivity contribution in [3.8, 4) is 5.75 Å². The molecule has 0 spiro atoms. The first-order valence-corrected chi connectivity index (χ1v) is 11.9. The second kappa shape index (κ2) is 10.2. The smallest absolute Gasteiger partial charge is 0.264 e. The maximum atomic E-state index is 13.5. The summed E-state index contributed by atoms with van der Waals surface area (Å²) in [6.45, 7) is 3.10. The van der Waals surface area contributed by atoms with Crippen LogP contribution in [0.15, 0.2) is 71.6 Å². The number of carbonyl (C=O) groups excluding carboxylic acids is 1. The van der Waals surface area contributed by atoms with Gasteiger partial charge in [-0.05, 0) is 61.9 Å². The van der Waals surface area contributed by atoms with Crippen molar-refractivity contribution in [2.24, 2.45) is 0 Å². The van der Waals surface area contributed by atoms with Crippen LogP contribution in [0, 0.1) is 12.7 Å². The molecule has 3 aromatic rings. The van der Waals surface area contributed by atoms with Crippen molar-refractivity contribution in [3.05, 3.63) is 88.7 Å². The van der Waals surface area contributed by atoms with Crippen LogP contribution in [-0.4, -0.2) is 28.0 Å². The van der Waals surface area contributed by atoms with Crippen LogP contribution >= 0.6 is 11.6 Å². The molecule has 1 N–H and O–H groups in total. The Morgan fingerprint density at radius 1 is 1.09 bits per heavy atom. The first-order valence-electron chi connectivity index (χ1n) is 10.1. The molecule has 1 atom stereocenters. The monoisotopic (exact) mass is 490 g/mol. The molecule has 0 aliphatic heterocycles. The fourth-order valence-electron chi connectivity index (χ4n) is 3.22. The van der Waals surface area contributed by atoms with E-state index in [9.17, 15) is 17.6 Å². The highest BCUT2D eigenvalue weighted by Crippen LogP contribution is 2.32. The third-order valence-electron chi connectivity index (χ3n) is 5.07. The van der Waals surface area contributed by atoms with Crippen molar-refractivity contribution < 1.29 is 22.3 Å². The molecule has 1 amide bonds. The first kappa shape index (κ1) is 24.5. The van der Waals surface area contributed by atoms with E-state index >= 15 is 0 Å². The summed E-state index contributed by atoms with van der Waals surface area (Å²) >= 11 is 6.23. The lowest BCUT2D eigenvalue weighted by atomic mass is 10.1. The topological polar surface area (TPSA) is 75.7 Å². The van der Waals surface area contributed by atoms with E-state index in [0.717, 1.165) is 9.87 Å². The van der Waals surface area contributed by atoms with Crippen molar-refractivity contribution in [1.29, 1.82) is 0 Å². The van der Waals surface area contributed by atoms with Crippen LogP contribution in [0.25, 0.3) is 0 Å². The Bertz CT molecular complexity index is 1230. The van der Waals surface area contributed by atoms with Gasteiger partial charge in [-0.25, -0.2) is 12.8 Å². The fraction of sp³-hybridized carbons (Fsp3) is 0.208. The zero-order valence-electron chi connectivity index (χ0n) is 18.4. The highest BCUT2D eigenvalue weighted by atomic mass is 35.5. The van der Waals surface area contributed by atoms with Gasteiger partial charge < -0.3 is 10.1 Å². The molecule has 174 valence electrons. The average molecular weight is 491 g/mol. The quantitative estimate of drug-likeness (QED) is 0.489. The molecule has 0 saturated carbocycles. The number of nitrogens with zero attached hydrogens (tertiary/aromatic N) is 1. The maximum Gasteiger partial charge on any atom is 0.264 e. The molecule has 0 fully saturated rings. The van der Waals surface area contributed by atoms with E-state index < -0.39 is 28.5 Å². The van der Waals surface area contributed by atoms with Crippen LogP contribution in [0.2, 0.25) is 5.02 Å². The number of anilines is 1. The van der Waals surface area contributed by atoms with Gasteiger partial charge in [-0.2, -0.15) is 0 Å². The zero-order chi connectivity index (χ0) is 24.2. The molecule has 0 saturated heterocycles. The lowest BCUT2D eigenvalue weighted by Gasteiger charge is -2.25. The number of methoxy groups -OCH3 is 1. The molecule has 3 rings (SSSR count). The number of amides is 1. The molecule has 0 radical (unpaired) electrons. The van der Waals surface area contributed by atoms with Gasteiger partial charge in [0.2, 0.25) is 5.91 Å². The largest absolute Gasteiger partial charge is 0.495 e. The molecule has 0 aliphatic carbocycles. The van der Waals surface area contributed by atoms with Gasteiger partial charge in [0.25, 0.3) is 10.0 Å². The molecule has 9 heteroatoms. The molecular weight excluding hydrogens is 467 g/mol. The second-order valence-electron chi connectivity index (χ2n) is 7.48. The van der Waals surface area contributed by atoms with E-state index in [-0.39, 0.29) is 21.4 Å². The Morgan fingerprint density at radius 2 is 1.73 bits per heavy atom. The number of carbonyl (C=O) groups is 1. The van der Waals surface area contributed by atoms with Crippen molar-refractivity contribution >= 4 is 33.2 Å². The summed E-state index contributed by atoms with van der Waals surface area (Å²) in [7, 11) is -2.63. The third kappa shape index (κ3) is 5.83. The van der Waals surface area contributed by atoms with E-state index in [4.69, 9.17) is 16.3 Å². The SMILES string of the molecule is COc1ccc(N(CC(=O)N[C@H](C)c2ccc(F)cc2)S(=O)(=O)c2ccc(C)cc2)cc1Cl. The molecule has 0 bridgehead atoms. The number of nitrogens with one attached hydrogen (secondary N) is 1. The Hall–Kier alpha value is -3.10. The number of aryl methyl sites for hydroxylation is 1. The first-order chi connectivity index (χ1) is 15.6. The predicted octanol–water partition coefficient (Wildman–Crippen LogP) is 4.87. The van der Waals surface area contributed by atoms with Crippen LogP contribution in [-0.2, 0) is 14.8 Å². The molecule has 3 aromatic carbocycles. The van der Waals surface area contributed by atoms with E-state index in [2.05, 4.69) is 5.32 Å². The summed E-state index contributed by atoms with van der Waals surface area (Å²) in [5.41, 5.74) is 1.80. The van der Waals surface area contributed by atoms with Crippen LogP contribution < -0.4 is 14.4 Å². The molecule has 0 unspecified atom stereocenters. The Balaban J connectivity index is 1.92. The standard InChI is InChI=1S/C24H24ClFN2O4S/c1-16-4-11-21(12-5-16)33(30,31)28(20-10-13-23(32-3)22(25)14-20)15-24(29)27-17(2)18-6-8-19(26)9-7-18/h4-14,17H,15H2,1-3H3,(H,27,29)/t17-/m1/s1. The molecule has 6 nitrogen and oxygen atoms in total. The Labute approximate surface area is 198 Å². The van der Waals surface area contributed by atoms with Crippen LogP contribution in [0.5, 0.6) is 5.75 Å². The number of rotatable bonds is 8. The van der Waals surface area contributed by atoms with E-state index in [1.807, 2.05) is 6.92 Å². The van der Waals surface area contributed by atoms with Gasteiger partial charge in [0.05, 0.1) is 28.8 Å². The van der Waals surface area contributed by atoms with Gasteiger partial charge in [-0.3, -0.25) is 9.10 Å². The summed E-state index contributed by atoms with van der Waals surface area (Å²) in [5.74, 6) is -0.541. The normalized spacial score (nSPS) is 12.2. The summed E-state index contributed by atoms with van der Waals surface area (Å²) in [6.07, 6.45) is 0. The van der Waals surface area contributed by atoms with E-state index in [0.29, 0.717) is 11.3 Å². The summed E-state index contributed by atoms with van der Waals surface area (Å²) in [4.78, 5) is 12.9. The number of hydrogen-bond donors (Lipinski definition) is 1. The number of benzene rings is 3. The number of ether oxygens (including phenoxy) is 1. The highest BCUT2D eigenvalue weighted by molar-refractivity contribution is 7.92. The minimum absolute atomic E-state index is 0.0411. The molecule has 0 heterocycles. The molecule has 0 aliphatic rings. The number of halogens is 2. The summed E-state index contributed by atoms with van der Waals surface area (Å²) < 4.78 is 46.3. The van der Waals surface area contributed by atoms with Crippen molar-refractivity contribution in [2.75, 3.05) is 18.0 Å². The predicted molar refractivity (Wildman–Crippen MR) is 127 cm³/mol. The van der Waals surface area contributed by atoms with E-state index in [1.54, 1.807) is 31.2 Å². The van der Waals surface area contributed by atoms with Gasteiger partial charge >= 0.3 is 0 Å². The van der Waals surface area contributed by atoms with Gasteiger partial charge in [-0.1, -0.05) is 41.4 Å². The minimum Gasteiger partial charge on any atom is -0.495 e. The van der Waals surface area contributed by atoms with Gasteiger partial charge in [-0.15, -0.1) is 0 Å². The van der Waals surface area contributed by atoms with Gasteiger partial charge in [0.1, 0.15) is 18.1 Å². The van der Waals surface area contributed by atoms with Crippen LogP contribution in [0.3, 0.4) is 0 Å². The summed E-state index contributed by atoms with van der Waals surface area (Å²) in [5, 5.41) is 2.97. The lowest BCUT2D eigenvalue weighted by molar-refractivity contribution is -0.120. The average Bonchev–Trinajstić information content (AvgIpc) is 2.78. The highest BCUT2D eigenvalue weighted by Gasteiger charge is 2.28. The minimum atomic E-state index is -4.08. The third-order valence-corrected chi connectivity index (χ3v) is 7.15.